The molecule has 4 heteroatoms. The van der Waals surface area contributed by atoms with E-state index in [0.29, 0.717) is 11.3 Å². The number of carboxylic acids is 1. The third-order valence-corrected chi connectivity index (χ3v) is 2.67. The Labute approximate surface area is 116 Å². The maximum absolute atomic E-state index is 11.8. The molecule has 2 aromatic rings. The standard InChI is InChI=1S/C16H13NO3/c18-15(12-4-2-1-3-5-12)10-11-17-14-8-6-13(7-9-14)16(19)20/h1-11,17H,(H,19,20). The van der Waals surface area contributed by atoms with Gasteiger partial charge in [0.2, 0.25) is 0 Å². The SMILES string of the molecule is O=C(O)c1ccc(NC=CC(=O)c2ccccc2)cc1. The van der Waals surface area contributed by atoms with Crippen LogP contribution >= 0.6 is 0 Å². The molecule has 2 N–H and O–H groups in total. The first-order valence-electron chi connectivity index (χ1n) is 6.02. The van der Waals surface area contributed by atoms with E-state index in [0.717, 1.165) is 0 Å². The Morgan fingerprint density at radius 3 is 2.15 bits per heavy atom. The molecule has 0 fully saturated rings. The number of ketones is 1. The van der Waals surface area contributed by atoms with E-state index in [-0.39, 0.29) is 11.3 Å². The van der Waals surface area contributed by atoms with Crippen LogP contribution in [0.25, 0.3) is 0 Å². The zero-order valence-electron chi connectivity index (χ0n) is 10.6. The monoisotopic (exact) mass is 267 g/mol. The van der Waals surface area contributed by atoms with Gasteiger partial charge in [0, 0.05) is 23.5 Å². The summed E-state index contributed by atoms with van der Waals surface area (Å²) >= 11 is 0. The number of anilines is 1. The molecule has 4 nitrogen and oxygen atoms in total. The average molecular weight is 267 g/mol. The molecule has 0 saturated carbocycles. The van der Waals surface area contributed by atoms with Crippen LogP contribution in [0, 0.1) is 0 Å². The third kappa shape index (κ3) is 3.55. The first-order chi connectivity index (χ1) is 9.66. The molecule has 100 valence electrons. The van der Waals surface area contributed by atoms with Crippen molar-refractivity contribution in [2.75, 3.05) is 5.32 Å². The first kappa shape index (κ1) is 13.5. The van der Waals surface area contributed by atoms with Crippen LogP contribution in [0.15, 0.2) is 66.9 Å². The van der Waals surface area contributed by atoms with E-state index in [1.54, 1.807) is 36.4 Å². The second-order valence-electron chi connectivity index (χ2n) is 4.09. The molecular formula is C16H13NO3. The number of carbonyl (C=O) groups is 2. The molecule has 0 saturated heterocycles. The number of hydrogen-bond acceptors (Lipinski definition) is 3. The summed E-state index contributed by atoms with van der Waals surface area (Å²) in [5.41, 5.74) is 1.55. The van der Waals surface area contributed by atoms with Gasteiger partial charge in [0.1, 0.15) is 0 Å². The van der Waals surface area contributed by atoms with Crippen molar-refractivity contribution in [2.45, 2.75) is 0 Å². The number of aromatic carboxylic acids is 1. The lowest BCUT2D eigenvalue weighted by Gasteiger charge is -2.01. The molecule has 2 rings (SSSR count). The van der Waals surface area contributed by atoms with Gasteiger partial charge >= 0.3 is 5.97 Å². The predicted octanol–water partition coefficient (Wildman–Crippen LogP) is 3.19. The Bertz CT molecular complexity index is 631. The molecule has 0 bridgehead atoms. The second kappa shape index (κ2) is 6.33. The Morgan fingerprint density at radius 2 is 1.55 bits per heavy atom. The van der Waals surface area contributed by atoms with Gasteiger partial charge in [0.25, 0.3) is 0 Å². The molecule has 2 aromatic carbocycles. The summed E-state index contributed by atoms with van der Waals surface area (Å²) in [5, 5.41) is 11.7. The van der Waals surface area contributed by atoms with Crippen molar-refractivity contribution in [3.8, 4) is 0 Å². The highest BCUT2D eigenvalue weighted by Gasteiger charge is 2.01. The highest BCUT2D eigenvalue weighted by molar-refractivity contribution is 6.04. The average Bonchev–Trinajstić information content (AvgIpc) is 2.48. The molecule has 0 aliphatic heterocycles. The third-order valence-electron chi connectivity index (χ3n) is 2.67. The zero-order chi connectivity index (χ0) is 14.4. The smallest absolute Gasteiger partial charge is 0.335 e. The highest BCUT2D eigenvalue weighted by atomic mass is 16.4. The van der Waals surface area contributed by atoms with Gasteiger partial charge in [-0.05, 0) is 24.3 Å². The normalized spacial score (nSPS) is 10.4. The van der Waals surface area contributed by atoms with E-state index in [1.807, 2.05) is 6.07 Å². The second-order valence-corrected chi connectivity index (χ2v) is 4.09. The van der Waals surface area contributed by atoms with Crippen LogP contribution in [0.4, 0.5) is 5.69 Å². The van der Waals surface area contributed by atoms with E-state index in [9.17, 15) is 9.59 Å². The number of hydrogen-bond donors (Lipinski definition) is 2. The van der Waals surface area contributed by atoms with E-state index < -0.39 is 5.97 Å². The Kier molecular flexibility index (Phi) is 4.29. The lowest BCUT2D eigenvalue weighted by molar-refractivity contribution is 0.0696. The van der Waals surface area contributed by atoms with E-state index >= 15 is 0 Å². The lowest BCUT2D eigenvalue weighted by atomic mass is 10.1. The van der Waals surface area contributed by atoms with Gasteiger partial charge in [-0.2, -0.15) is 0 Å². The van der Waals surface area contributed by atoms with Crippen molar-refractivity contribution < 1.29 is 14.7 Å². The van der Waals surface area contributed by atoms with Gasteiger partial charge in [0.05, 0.1) is 5.56 Å². The van der Waals surface area contributed by atoms with Gasteiger partial charge in [-0.15, -0.1) is 0 Å². The summed E-state index contributed by atoms with van der Waals surface area (Å²) in [7, 11) is 0. The number of rotatable bonds is 5. The van der Waals surface area contributed by atoms with Gasteiger partial charge in [-0.25, -0.2) is 4.79 Å². The Hall–Kier alpha value is -2.88. The number of carboxylic acid groups (broad SMARTS) is 1. The fraction of sp³-hybridized carbons (Fsp3) is 0. The molecule has 0 spiro atoms. The first-order valence-corrected chi connectivity index (χ1v) is 6.02. The van der Waals surface area contributed by atoms with Crippen molar-refractivity contribution in [3.63, 3.8) is 0 Å². The number of carbonyl (C=O) groups excluding carboxylic acids is 1. The van der Waals surface area contributed by atoms with Crippen molar-refractivity contribution in [2.24, 2.45) is 0 Å². The summed E-state index contributed by atoms with van der Waals surface area (Å²) in [5.74, 6) is -1.06. The van der Waals surface area contributed by atoms with Gasteiger partial charge in [-0.3, -0.25) is 4.79 Å². The predicted molar refractivity (Wildman–Crippen MR) is 76.9 cm³/mol. The van der Waals surface area contributed by atoms with Crippen LogP contribution in [-0.2, 0) is 0 Å². The highest BCUT2D eigenvalue weighted by Crippen LogP contribution is 2.09. The molecule has 0 aliphatic rings. The number of nitrogens with one attached hydrogen (secondary N) is 1. The van der Waals surface area contributed by atoms with Crippen LogP contribution in [-0.4, -0.2) is 16.9 Å². The molecular weight excluding hydrogens is 254 g/mol. The van der Waals surface area contributed by atoms with E-state index in [2.05, 4.69) is 5.32 Å². The minimum atomic E-state index is -0.966. The van der Waals surface area contributed by atoms with Crippen LogP contribution in [0.2, 0.25) is 0 Å². The minimum Gasteiger partial charge on any atom is -0.478 e. The molecule has 0 radical (unpaired) electrons. The summed E-state index contributed by atoms with van der Waals surface area (Å²) in [6.45, 7) is 0. The molecule has 20 heavy (non-hydrogen) atoms. The maximum Gasteiger partial charge on any atom is 0.335 e. The summed E-state index contributed by atoms with van der Waals surface area (Å²) < 4.78 is 0. The Balaban J connectivity index is 1.96. The molecule has 0 atom stereocenters. The van der Waals surface area contributed by atoms with Crippen LogP contribution < -0.4 is 5.32 Å². The quantitative estimate of drug-likeness (QED) is 0.645. The lowest BCUT2D eigenvalue weighted by Crippen LogP contribution is -1.97. The van der Waals surface area contributed by atoms with Gasteiger partial charge < -0.3 is 10.4 Å². The van der Waals surface area contributed by atoms with E-state index in [1.165, 1.54) is 24.4 Å². The molecule has 0 aromatic heterocycles. The molecule has 0 unspecified atom stereocenters. The largest absolute Gasteiger partial charge is 0.478 e. The van der Waals surface area contributed by atoms with Crippen LogP contribution in [0.1, 0.15) is 20.7 Å². The van der Waals surface area contributed by atoms with Crippen molar-refractivity contribution >= 4 is 17.4 Å². The number of benzene rings is 2. The summed E-state index contributed by atoms with van der Waals surface area (Å²) in [6, 6.07) is 15.2. The topological polar surface area (TPSA) is 66.4 Å². The minimum absolute atomic E-state index is 0.0970. The van der Waals surface area contributed by atoms with Crippen molar-refractivity contribution in [1.82, 2.24) is 0 Å². The summed E-state index contributed by atoms with van der Waals surface area (Å²) in [4.78, 5) is 22.5. The van der Waals surface area contributed by atoms with Gasteiger partial charge in [-0.1, -0.05) is 30.3 Å². The van der Waals surface area contributed by atoms with Crippen molar-refractivity contribution in [1.29, 1.82) is 0 Å². The van der Waals surface area contributed by atoms with Crippen LogP contribution in [0.5, 0.6) is 0 Å². The fourth-order valence-electron chi connectivity index (χ4n) is 1.62. The maximum atomic E-state index is 11.8. The molecule has 0 aliphatic carbocycles. The van der Waals surface area contributed by atoms with Crippen molar-refractivity contribution in [3.05, 3.63) is 78.0 Å². The zero-order valence-corrected chi connectivity index (χ0v) is 10.6. The van der Waals surface area contributed by atoms with Gasteiger partial charge in [0.15, 0.2) is 5.78 Å². The number of allylic oxidation sites excluding steroid dienone is 1. The Morgan fingerprint density at radius 1 is 0.900 bits per heavy atom. The van der Waals surface area contributed by atoms with Crippen LogP contribution in [0.3, 0.4) is 0 Å². The van der Waals surface area contributed by atoms with E-state index in [4.69, 9.17) is 5.11 Å². The fourth-order valence-corrected chi connectivity index (χ4v) is 1.62. The molecule has 0 amide bonds. The molecule has 0 heterocycles. The summed E-state index contributed by atoms with van der Waals surface area (Å²) in [6.07, 6.45) is 2.96.